The first kappa shape index (κ1) is 19.9. The lowest BCUT2D eigenvalue weighted by Gasteiger charge is -2.19. The van der Waals surface area contributed by atoms with E-state index in [4.69, 9.17) is 15.6 Å². The van der Waals surface area contributed by atoms with Gasteiger partial charge < -0.3 is 10.1 Å². The van der Waals surface area contributed by atoms with Gasteiger partial charge in [-0.25, -0.2) is 4.39 Å². The van der Waals surface area contributed by atoms with Crippen molar-refractivity contribution < 1.29 is 9.13 Å². The van der Waals surface area contributed by atoms with Crippen LogP contribution in [0.25, 0.3) is 11.1 Å². The predicted molar refractivity (Wildman–Crippen MR) is 117 cm³/mol. The Hall–Kier alpha value is -3.41. The number of hydrogen-bond acceptors (Lipinski definition) is 4. The molecule has 2 aliphatic rings. The highest BCUT2D eigenvalue weighted by molar-refractivity contribution is 5.72. The average molecular weight is 404 g/mol. The maximum Gasteiger partial charge on any atom is 0.139 e. The van der Waals surface area contributed by atoms with Crippen molar-refractivity contribution in [3.05, 3.63) is 82.8 Å². The van der Waals surface area contributed by atoms with E-state index in [1.807, 2.05) is 43.3 Å². The first-order valence-corrected chi connectivity index (χ1v) is 10.1. The molecule has 1 aromatic heterocycles. The number of halogens is 1. The van der Waals surface area contributed by atoms with E-state index in [2.05, 4.69) is 5.32 Å². The van der Waals surface area contributed by atoms with Gasteiger partial charge in [0.2, 0.25) is 0 Å². The largest absolute Gasteiger partial charge is 0.501 e. The maximum atomic E-state index is 14.9. The number of anilines is 1. The third-order valence-corrected chi connectivity index (χ3v) is 5.86. The zero-order valence-electron chi connectivity index (χ0n) is 16.9. The number of ether oxygens (including phenoxy) is 1. The van der Waals surface area contributed by atoms with Gasteiger partial charge in [-0.15, -0.1) is 0 Å². The second kappa shape index (κ2) is 8.53. The van der Waals surface area contributed by atoms with Gasteiger partial charge in [0.05, 0.1) is 19.2 Å². The predicted octanol–water partition coefficient (Wildman–Crippen LogP) is 4.78. The molecule has 0 aliphatic carbocycles. The number of pyridine rings is 1. The van der Waals surface area contributed by atoms with Gasteiger partial charge in [-0.2, -0.15) is 0 Å². The number of benzene rings is 1. The van der Waals surface area contributed by atoms with Crippen LogP contribution in [-0.4, -0.2) is 24.1 Å². The summed E-state index contributed by atoms with van der Waals surface area (Å²) in [7, 11) is 0. The molecule has 0 fully saturated rings. The molecular formula is C24H25FN4O. The minimum Gasteiger partial charge on any atom is -0.501 e. The Kier molecular flexibility index (Phi) is 5.65. The number of aromatic nitrogens is 1. The molecular weight excluding hydrogens is 379 g/mol. The van der Waals surface area contributed by atoms with Crippen LogP contribution in [0.5, 0.6) is 0 Å². The number of nitrogens with zero attached hydrogens (tertiary/aromatic N) is 1. The molecule has 30 heavy (non-hydrogen) atoms. The second-order valence-electron chi connectivity index (χ2n) is 7.57. The highest BCUT2D eigenvalue weighted by Gasteiger charge is 2.23. The van der Waals surface area contributed by atoms with E-state index >= 15 is 0 Å². The minimum absolute atomic E-state index is 0.0823. The Morgan fingerprint density at radius 3 is 2.83 bits per heavy atom. The Bertz CT molecular complexity index is 1110. The fourth-order valence-corrected chi connectivity index (χ4v) is 4.10. The van der Waals surface area contributed by atoms with Crippen LogP contribution in [0.3, 0.4) is 0 Å². The zero-order valence-corrected chi connectivity index (χ0v) is 16.9. The van der Waals surface area contributed by atoms with Crippen LogP contribution < -0.4 is 10.8 Å². The van der Waals surface area contributed by atoms with Crippen molar-refractivity contribution >= 4 is 12.2 Å². The van der Waals surface area contributed by atoms with Gasteiger partial charge >= 0.3 is 0 Å². The number of rotatable bonds is 2. The molecule has 154 valence electrons. The summed E-state index contributed by atoms with van der Waals surface area (Å²) in [4.78, 5) is 0. The molecule has 0 saturated heterocycles. The second-order valence-corrected chi connectivity index (χ2v) is 7.57. The quantitative estimate of drug-likeness (QED) is 0.498. The normalized spacial score (nSPS) is 24.1. The molecule has 1 aromatic carbocycles. The summed E-state index contributed by atoms with van der Waals surface area (Å²) in [6.45, 7) is 2.74. The van der Waals surface area contributed by atoms with E-state index in [0.29, 0.717) is 18.0 Å². The standard InChI is InChI=1S/C24H25FN4O/c1-16-19-10-9-18-12-20(17-6-3-2-4-7-17)23(27)29(15-26)24(18)28-13-21(16)22(25)8-5-11-30-14-19/h2-8,11-12,15,19,26-28H,9-10,13-14H2,1H3/b11-5-,21-16+,22-8+,26-15?,27-23?. The molecule has 4 rings (SSSR count). The van der Waals surface area contributed by atoms with Gasteiger partial charge in [-0.3, -0.25) is 15.4 Å². The number of nitrogens with one attached hydrogen (secondary N) is 3. The van der Waals surface area contributed by atoms with Crippen molar-refractivity contribution in [1.29, 1.82) is 10.8 Å². The fourth-order valence-electron chi connectivity index (χ4n) is 4.10. The Morgan fingerprint density at radius 1 is 1.27 bits per heavy atom. The zero-order chi connectivity index (χ0) is 21.1. The van der Waals surface area contributed by atoms with Crippen LogP contribution in [0.2, 0.25) is 0 Å². The lowest BCUT2D eigenvalue weighted by molar-refractivity contribution is 0.205. The lowest BCUT2D eigenvalue weighted by atomic mass is 9.90. The number of aryl methyl sites for hydroxylation is 1. The first-order valence-electron chi connectivity index (χ1n) is 10.1. The highest BCUT2D eigenvalue weighted by Crippen LogP contribution is 2.31. The van der Waals surface area contributed by atoms with Gasteiger partial charge in [0.15, 0.2) is 0 Å². The Balaban J connectivity index is 1.84. The molecule has 2 aliphatic heterocycles. The maximum absolute atomic E-state index is 14.9. The third kappa shape index (κ3) is 3.73. The SMILES string of the molecule is C\C1=C2CNc3c(cc(-c4ccccc4)c(=N)n3C=N)CCC1CO\C=C/C=C\2F. The van der Waals surface area contributed by atoms with Crippen LogP contribution in [0.15, 0.2) is 71.8 Å². The van der Waals surface area contributed by atoms with E-state index in [1.165, 1.54) is 10.6 Å². The van der Waals surface area contributed by atoms with Crippen LogP contribution in [-0.2, 0) is 11.2 Å². The smallest absolute Gasteiger partial charge is 0.139 e. The van der Waals surface area contributed by atoms with Crippen molar-refractivity contribution in [2.75, 3.05) is 18.5 Å². The van der Waals surface area contributed by atoms with Gasteiger partial charge in [-0.05, 0) is 49.1 Å². The highest BCUT2D eigenvalue weighted by atomic mass is 19.1. The molecule has 3 heterocycles. The van der Waals surface area contributed by atoms with Crippen LogP contribution in [0.4, 0.5) is 10.2 Å². The van der Waals surface area contributed by atoms with Crippen molar-refractivity contribution in [1.82, 2.24) is 4.57 Å². The summed E-state index contributed by atoms with van der Waals surface area (Å²) in [5.41, 5.74) is 4.52. The molecule has 5 nitrogen and oxygen atoms in total. The monoisotopic (exact) mass is 404 g/mol. The van der Waals surface area contributed by atoms with Crippen molar-refractivity contribution in [2.24, 2.45) is 5.92 Å². The molecule has 0 amide bonds. The summed E-state index contributed by atoms with van der Waals surface area (Å²) in [5.74, 6) is 0.462. The molecule has 1 unspecified atom stereocenters. The molecule has 3 N–H and O–H groups in total. The van der Waals surface area contributed by atoms with Crippen LogP contribution in [0.1, 0.15) is 18.9 Å². The van der Waals surface area contributed by atoms with Crippen molar-refractivity contribution in [3.8, 4) is 11.1 Å². The van der Waals surface area contributed by atoms with E-state index in [-0.39, 0.29) is 23.8 Å². The number of allylic oxidation sites excluding steroid dienone is 2. The fraction of sp³-hybridized carbons (Fsp3) is 0.250. The number of fused-ring (bicyclic) bond motifs is 2. The molecule has 2 bridgehead atoms. The van der Waals surface area contributed by atoms with Gasteiger partial charge in [-0.1, -0.05) is 35.9 Å². The van der Waals surface area contributed by atoms with E-state index in [1.54, 1.807) is 12.3 Å². The molecule has 2 aromatic rings. The molecule has 6 heteroatoms. The Labute approximate surface area is 175 Å². The Morgan fingerprint density at radius 2 is 2.07 bits per heavy atom. The molecule has 0 spiro atoms. The minimum atomic E-state index is -0.288. The summed E-state index contributed by atoms with van der Waals surface area (Å²) >= 11 is 0. The first-order chi connectivity index (χ1) is 14.6. The summed E-state index contributed by atoms with van der Waals surface area (Å²) in [5, 5.41) is 19.9. The van der Waals surface area contributed by atoms with E-state index < -0.39 is 0 Å². The van der Waals surface area contributed by atoms with Crippen molar-refractivity contribution in [2.45, 2.75) is 19.8 Å². The topological polar surface area (TPSA) is 73.9 Å². The average Bonchev–Trinajstić information content (AvgIpc) is 2.86. The van der Waals surface area contributed by atoms with Gasteiger partial charge in [0.1, 0.15) is 17.1 Å². The van der Waals surface area contributed by atoms with Gasteiger partial charge in [0, 0.05) is 23.6 Å². The van der Waals surface area contributed by atoms with Crippen molar-refractivity contribution in [3.63, 3.8) is 0 Å². The lowest BCUT2D eigenvalue weighted by Crippen LogP contribution is -2.26. The van der Waals surface area contributed by atoms with E-state index in [0.717, 1.165) is 41.4 Å². The molecule has 0 saturated carbocycles. The van der Waals surface area contributed by atoms with Crippen LogP contribution in [0, 0.1) is 16.7 Å². The summed E-state index contributed by atoms with van der Waals surface area (Å²) in [6.07, 6.45) is 7.20. The molecule has 0 radical (unpaired) electrons. The molecule has 1 atom stereocenters. The van der Waals surface area contributed by atoms with Gasteiger partial charge in [0.25, 0.3) is 0 Å². The summed E-state index contributed by atoms with van der Waals surface area (Å²) in [6, 6.07) is 11.8. The third-order valence-electron chi connectivity index (χ3n) is 5.86. The van der Waals surface area contributed by atoms with E-state index in [9.17, 15) is 4.39 Å². The summed E-state index contributed by atoms with van der Waals surface area (Å²) < 4.78 is 22.0. The number of hydrogen-bond donors (Lipinski definition) is 3. The van der Waals surface area contributed by atoms with Crippen LogP contribution >= 0.6 is 0 Å².